The van der Waals surface area contributed by atoms with Crippen molar-refractivity contribution in [1.29, 1.82) is 0 Å². The zero-order valence-corrected chi connectivity index (χ0v) is 23.5. The van der Waals surface area contributed by atoms with Gasteiger partial charge in [0.05, 0.1) is 33.2 Å². The Bertz CT molecular complexity index is 1740. The number of pyridine rings is 1. The summed E-state index contributed by atoms with van der Waals surface area (Å²) in [6.07, 6.45) is 4.67. The SMILES string of the molecule is Cc1ccc(S(=O)(=O)n2cc(-c3ncc(F)c(NC4CCCC(C)(C(=O)O)C4(C)O)n3)c3cc(Cl)cnc32)cc1. The number of benzene rings is 1. The van der Waals surface area contributed by atoms with Gasteiger partial charge in [-0.25, -0.2) is 31.7 Å². The van der Waals surface area contributed by atoms with Gasteiger partial charge < -0.3 is 15.5 Å². The maximum absolute atomic E-state index is 14.9. The summed E-state index contributed by atoms with van der Waals surface area (Å²) in [6, 6.07) is 7.02. The van der Waals surface area contributed by atoms with Gasteiger partial charge in [-0.15, -0.1) is 0 Å². The smallest absolute Gasteiger partial charge is 0.312 e. The standard InChI is InChI=1S/C27H27ClFN5O5S/c1-15-6-8-17(9-7-15)40(38,39)34-14-19(18-11-16(28)12-31-24(18)34)22-30-13-20(29)23(33-22)32-21-5-4-10-26(2,25(35)36)27(21,3)37/h6-9,11-14,21,37H,4-5,10H2,1-3H3,(H,35,36)(H,30,32,33). The van der Waals surface area contributed by atoms with E-state index < -0.39 is 38.9 Å². The van der Waals surface area contributed by atoms with Crippen molar-refractivity contribution >= 4 is 44.4 Å². The number of anilines is 1. The molecule has 0 saturated heterocycles. The fourth-order valence-electron chi connectivity index (χ4n) is 5.12. The molecular formula is C27H27ClFN5O5S. The monoisotopic (exact) mass is 587 g/mol. The van der Waals surface area contributed by atoms with E-state index in [0.717, 1.165) is 15.7 Å². The Morgan fingerprint density at radius 3 is 2.58 bits per heavy atom. The number of nitrogens with one attached hydrogen (secondary N) is 1. The quantitative estimate of drug-likeness (QED) is 0.293. The number of aromatic nitrogens is 4. The van der Waals surface area contributed by atoms with Gasteiger partial charge in [-0.1, -0.05) is 35.7 Å². The number of aryl methyl sites for hydroxylation is 1. The third-order valence-corrected chi connectivity index (χ3v) is 9.76. The third-order valence-electron chi connectivity index (χ3n) is 7.89. The molecule has 40 heavy (non-hydrogen) atoms. The zero-order chi connectivity index (χ0) is 29.0. The summed E-state index contributed by atoms with van der Waals surface area (Å²) in [4.78, 5) is 24.7. The highest BCUT2D eigenvalue weighted by molar-refractivity contribution is 7.90. The maximum atomic E-state index is 14.9. The summed E-state index contributed by atoms with van der Waals surface area (Å²) in [7, 11) is -4.08. The molecule has 10 nitrogen and oxygen atoms in total. The van der Waals surface area contributed by atoms with E-state index in [1.165, 1.54) is 44.4 Å². The van der Waals surface area contributed by atoms with Gasteiger partial charge in [0.1, 0.15) is 0 Å². The van der Waals surface area contributed by atoms with Gasteiger partial charge in [-0.3, -0.25) is 4.79 Å². The Morgan fingerprint density at radius 2 is 1.90 bits per heavy atom. The molecule has 1 saturated carbocycles. The summed E-state index contributed by atoms with van der Waals surface area (Å²) in [5.74, 6) is -2.26. The largest absolute Gasteiger partial charge is 0.481 e. The van der Waals surface area contributed by atoms with Gasteiger partial charge in [0.2, 0.25) is 0 Å². The van der Waals surface area contributed by atoms with Crippen LogP contribution in [0.3, 0.4) is 0 Å². The highest BCUT2D eigenvalue weighted by Gasteiger charge is 2.56. The van der Waals surface area contributed by atoms with Gasteiger partial charge in [-0.05, 0) is 51.8 Å². The van der Waals surface area contributed by atoms with Crippen LogP contribution >= 0.6 is 11.6 Å². The first kappa shape index (κ1) is 27.9. The Hall–Kier alpha value is -3.61. The molecule has 1 aliphatic carbocycles. The average molecular weight is 588 g/mol. The lowest BCUT2D eigenvalue weighted by Gasteiger charge is -2.48. The molecule has 3 N–H and O–H groups in total. The number of halogens is 2. The minimum atomic E-state index is -4.08. The molecule has 1 aromatic carbocycles. The van der Waals surface area contributed by atoms with Gasteiger partial charge in [0, 0.05) is 23.3 Å². The second-order valence-electron chi connectivity index (χ2n) is 10.4. The number of aliphatic carboxylic acids is 1. The predicted octanol–water partition coefficient (Wildman–Crippen LogP) is 4.64. The molecule has 5 rings (SSSR count). The third kappa shape index (κ3) is 4.49. The van der Waals surface area contributed by atoms with Gasteiger partial charge in [0.25, 0.3) is 10.0 Å². The van der Waals surface area contributed by atoms with E-state index in [1.807, 2.05) is 6.92 Å². The van der Waals surface area contributed by atoms with Crippen LogP contribution in [-0.2, 0) is 14.8 Å². The lowest BCUT2D eigenvalue weighted by molar-refractivity contribution is -0.172. The molecule has 0 spiro atoms. The molecule has 210 valence electrons. The van der Waals surface area contributed by atoms with Crippen molar-refractivity contribution < 1.29 is 27.8 Å². The van der Waals surface area contributed by atoms with Crippen LogP contribution in [0.5, 0.6) is 0 Å². The first-order valence-electron chi connectivity index (χ1n) is 12.5. The van der Waals surface area contributed by atoms with E-state index in [2.05, 4.69) is 20.3 Å². The number of fused-ring (bicyclic) bond motifs is 1. The molecule has 0 bridgehead atoms. The number of hydrogen-bond donors (Lipinski definition) is 3. The highest BCUT2D eigenvalue weighted by atomic mass is 35.5. The molecule has 3 heterocycles. The minimum Gasteiger partial charge on any atom is -0.481 e. The van der Waals surface area contributed by atoms with Crippen LogP contribution < -0.4 is 5.32 Å². The molecular weight excluding hydrogens is 561 g/mol. The zero-order valence-electron chi connectivity index (χ0n) is 21.9. The van der Waals surface area contributed by atoms with E-state index in [-0.39, 0.29) is 39.2 Å². The molecule has 1 aliphatic rings. The Morgan fingerprint density at radius 1 is 1.20 bits per heavy atom. The van der Waals surface area contributed by atoms with Crippen molar-refractivity contribution in [2.24, 2.45) is 5.41 Å². The van der Waals surface area contributed by atoms with E-state index in [1.54, 1.807) is 12.1 Å². The van der Waals surface area contributed by atoms with Crippen LogP contribution in [0, 0.1) is 18.2 Å². The van der Waals surface area contributed by atoms with Gasteiger partial charge in [0.15, 0.2) is 23.1 Å². The normalized spacial score (nSPS) is 23.3. The van der Waals surface area contributed by atoms with Gasteiger partial charge in [-0.2, -0.15) is 0 Å². The molecule has 1 fully saturated rings. The van der Waals surface area contributed by atoms with Crippen LogP contribution in [0.2, 0.25) is 5.02 Å². The number of hydrogen-bond acceptors (Lipinski definition) is 8. The fourth-order valence-corrected chi connectivity index (χ4v) is 6.60. The van der Waals surface area contributed by atoms with E-state index >= 15 is 0 Å². The summed E-state index contributed by atoms with van der Waals surface area (Å²) in [5.41, 5.74) is -1.99. The summed E-state index contributed by atoms with van der Waals surface area (Å²) < 4.78 is 43.1. The number of carboxylic acids is 1. The molecule has 13 heteroatoms. The first-order chi connectivity index (χ1) is 18.8. The average Bonchev–Trinajstić information content (AvgIpc) is 3.28. The molecule has 0 amide bonds. The number of carboxylic acid groups (broad SMARTS) is 1. The van der Waals surface area contributed by atoms with Crippen LogP contribution in [0.1, 0.15) is 38.7 Å². The minimum absolute atomic E-state index is 0.0210. The topological polar surface area (TPSA) is 147 Å². The van der Waals surface area contributed by atoms with E-state index in [4.69, 9.17) is 11.6 Å². The molecule has 0 aliphatic heterocycles. The lowest BCUT2D eigenvalue weighted by atomic mass is 9.62. The second kappa shape index (κ2) is 9.79. The predicted molar refractivity (Wildman–Crippen MR) is 147 cm³/mol. The van der Waals surface area contributed by atoms with Crippen molar-refractivity contribution in [3.63, 3.8) is 0 Å². The van der Waals surface area contributed by atoms with Crippen molar-refractivity contribution in [2.75, 3.05) is 5.32 Å². The molecule has 0 radical (unpaired) electrons. The number of rotatable bonds is 6. The second-order valence-corrected chi connectivity index (χ2v) is 12.7. The maximum Gasteiger partial charge on any atom is 0.312 e. The van der Waals surface area contributed by atoms with E-state index in [0.29, 0.717) is 18.2 Å². The molecule has 3 aromatic heterocycles. The number of aliphatic hydroxyl groups is 1. The first-order valence-corrected chi connectivity index (χ1v) is 14.3. The van der Waals surface area contributed by atoms with Crippen molar-refractivity contribution in [2.45, 2.75) is 56.6 Å². The van der Waals surface area contributed by atoms with Crippen LogP contribution in [-0.4, -0.2) is 55.2 Å². The molecule has 3 atom stereocenters. The highest BCUT2D eigenvalue weighted by Crippen LogP contribution is 2.45. The van der Waals surface area contributed by atoms with Crippen molar-refractivity contribution in [3.05, 3.63) is 65.3 Å². The van der Waals surface area contributed by atoms with Crippen LogP contribution in [0.15, 0.2) is 53.8 Å². The van der Waals surface area contributed by atoms with Crippen molar-refractivity contribution in [3.8, 4) is 11.4 Å². The lowest BCUT2D eigenvalue weighted by Crippen LogP contribution is -2.61. The number of nitrogens with zero attached hydrogens (tertiary/aromatic N) is 4. The molecule has 3 unspecified atom stereocenters. The Balaban J connectivity index is 1.60. The van der Waals surface area contributed by atoms with E-state index in [9.17, 15) is 27.8 Å². The van der Waals surface area contributed by atoms with Gasteiger partial charge >= 0.3 is 5.97 Å². The summed E-state index contributed by atoms with van der Waals surface area (Å²) in [6.45, 7) is 4.72. The number of carbonyl (C=O) groups is 1. The Kier molecular flexibility index (Phi) is 6.84. The summed E-state index contributed by atoms with van der Waals surface area (Å²) >= 11 is 6.19. The molecule has 4 aromatic rings. The van der Waals surface area contributed by atoms with Crippen LogP contribution in [0.25, 0.3) is 22.4 Å². The van der Waals surface area contributed by atoms with Crippen molar-refractivity contribution in [1.82, 2.24) is 18.9 Å². The van der Waals surface area contributed by atoms with Crippen LogP contribution in [0.4, 0.5) is 10.2 Å². The fraction of sp³-hybridized carbons (Fsp3) is 0.333. The Labute approximate surface area is 234 Å². The summed E-state index contributed by atoms with van der Waals surface area (Å²) in [5, 5.41) is 24.5.